The van der Waals surface area contributed by atoms with Crippen LogP contribution in [0.1, 0.15) is 58.9 Å². The number of rotatable bonds is 11. The van der Waals surface area contributed by atoms with Crippen LogP contribution in [0, 0.1) is 5.92 Å². The van der Waals surface area contributed by atoms with Gasteiger partial charge in [-0.15, -0.1) is 12.6 Å². The van der Waals surface area contributed by atoms with Crippen LogP contribution in [0.2, 0.25) is 0 Å². The van der Waals surface area contributed by atoms with Crippen LogP contribution in [0.4, 0.5) is 0 Å². The first-order chi connectivity index (χ1) is 12.2. The van der Waals surface area contributed by atoms with Crippen molar-refractivity contribution in [2.24, 2.45) is 5.92 Å². The number of carbonyl (C=O) groups is 1. The third kappa shape index (κ3) is 9.76. The summed E-state index contributed by atoms with van der Waals surface area (Å²) < 4.78 is 11.1. The summed E-state index contributed by atoms with van der Waals surface area (Å²) in [4.78, 5) is 11.4. The van der Waals surface area contributed by atoms with Crippen LogP contribution < -0.4 is 14.8 Å². The minimum atomic E-state index is -0.590. The first-order valence-electron chi connectivity index (χ1n) is 9.23. The number of hydrogen-bond donors (Lipinski definition) is 2. The number of unbranched alkanes of at least 4 members (excludes halogenated alkanes) is 2. The Kier molecular flexibility index (Phi) is 9.63. The van der Waals surface area contributed by atoms with Gasteiger partial charge in [0.2, 0.25) is 5.91 Å². The molecule has 0 fully saturated rings. The lowest BCUT2D eigenvalue weighted by Crippen LogP contribution is -2.22. The summed E-state index contributed by atoms with van der Waals surface area (Å²) in [5.41, 5.74) is 0.972. The summed E-state index contributed by atoms with van der Waals surface area (Å²) in [6.07, 6.45) is 7.94. The lowest BCUT2D eigenvalue weighted by atomic mass is 10.1. The highest BCUT2D eigenvalue weighted by molar-refractivity contribution is 7.81. The zero-order chi connectivity index (χ0) is 19.6. The monoisotopic (exact) mass is 379 g/mol. The molecule has 1 N–H and O–H groups in total. The number of nitrogens with one attached hydrogen (secondary N) is 1. The zero-order valence-electron chi connectivity index (χ0n) is 16.7. The van der Waals surface area contributed by atoms with Crippen molar-refractivity contribution >= 4 is 18.5 Å². The molecule has 0 aliphatic carbocycles. The zero-order valence-corrected chi connectivity index (χ0v) is 17.6. The van der Waals surface area contributed by atoms with Crippen LogP contribution in [-0.2, 0) is 11.3 Å². The molecule has 0 aliphatic heterocycles. The van der Waals surface area contributed by atoms with Crippen molar-refractivity contribution in [1.82, 2.24) is 5.32 Å². The Bertz CT molecular complexity index is 591. The third-order valence-electron chi connectivity index (χ3n) is 3.62. The molecule has 0 saturated heterocycles. The predicted molar refractivity (Wildman–Crippen MR) is 111 cm³/mol. The Balaban J connectivity index is 2.41. The number of methoxy groups -OCH3 is 1. The molecule has 1 amide bonds. The van der Waals surface area contributed by atoms with E-state index in [1.54, 1.807) is 7.11 Å². The topological polar surface area (TPSA) is 47.6 Å². The van der Waals surface area contributed by atoms with Crippen molar-refractivity contribution in [3.05, 3.63) is 35.9 Å². The molecule has 1 aromatic rings. The highest BCUT2D eigenvalue weighted by atomic mass is 32.1. The van der Waals surface area contributed by atoms with Crippen LogP contribution >= 0.6 is 12.6 Å². The Morgan fingerprint density at radius 2 is 2.00 bits per heavy atom. The van der Waals surface area contributed by atoms with E-state index < -0.39 is 4.93 Å². The first-order valence-corrected chi connectivity index (χ1v) is 9.67. The molecule has 0 saturated carbocycles. The van der Waals surface area contributed by atoms with Gasteiger partial charge >= 0.3 is 0 Å². The van der Waals surface area contributed by atoms with Gasteiger partial charge in [0.25, 0.3) is 0 Å². The average Bonchev–Trinajstić information content (AvgIpc) is 2.55. The van der Waals surface area contributed by atoms with Gasteiger partial charge in [0.05, 0.1) is 7.11 Å². The third-order valence-corrected chi connectivity index (χ3v) is 3.71. The standard InChI is InChI=1S/C21H33NO3S/c1-16(2)10-8-6-7-9-11-20(23)22-15-17-12-13-18(19(14-17)24-5)25-21(3,4)26/h8,10,12-14,16,26H,6-7,9,11,15H2,1-5H3,(H,22,23)/b10-8+. The molecular formula is C21H33NO3S. The minimum Gasteiger partial charge on any atom is -0.493 e. The predicted octanol–water partition coefficient (Wildman–Crippen LogP) is 5.13. The molecule has 0 aromatic heterocycles. The molecule has 26 heavy (non-hydrogen) atoms. The van der Waals surface area contributed by atoms with Crippen molar-refractivity contribution < 1.29 is 14.3 Å². The molecule has 0 radical (unpaired) electrons. The van der Waals surface area contributed by atoms with E-state index in [1.165, 1.54) is 0 Å². The molecule has 1 rings (SSSR count). The summed E-state index contributed by atoms with van der Waals surface area (Å²) >= 11 is 4.37. The molecule has 0 aliphatic rings. The number of amides is 1. The van der Waals surface area contributed by atoms with E-state index >= 15 is 0 Å². The van der Waals surface area contributed by atoms with Gasteiger partial charge in [-0.3, -0.25) is 4.79 Å². The molecule has 0 bridgehead atoms. The molecule has 0 heterocycles. The summed E-state index contributed by atoms with van der Waals surface area (Å²) in [7, 11) is 1.60. The van der Waals surface area contributed by atoms with Crippen molar-refractivity contribution in [2.75, 3.05) is 7.11 Å². The maximum Gasteiger partial charge on any atom is 0.220 e. The van der Waals surface area contributed by atoms with Crippen molar-refractivity contribution in [2.45, 2.75) is 64.9 Å². The van der Waals surface area contributed by atoms with Gasteiger partial charge in [0.15, 0.2) is 11.5 Å². The quantitative estimate of drug-likeness (QED) is 0.242. The number of benzene rings is 1. The number of carbonyl (C=O) groups excluding carboxylic acids is 1. The van der Waals surface area contributed by atoms with Gasteiger partial charge in [0, 0.05) is 13.0 Å². The lowest BCUT2D eigenvalue weighted by molar-refractivity contribution is -0.121. The fraction of sp³-hybridized carbons (Fsp3) is 0.571. The Hall–Kier alpha value is -1.62. The van der Waals surface area contributed by atoms with Gasteiger partial charge in [-0.2, -0.15) is 0 Å². The number of allylic oxidation sites excluding steroid dienone is 2. The summed E-state index contributed by atoms with van der Waals surface area (Å²) in [6.45, 7) is 8.53. The molecule has 4 nitrogen and oxygen atoms in total. The van der Waals surface area contributed by atoms with Crippen LogP contribution in [0.3, 0.4) is 0 Å². The van der Waals surface area contributed by atoms with Crippen molar-refractivity contribution in [3.8, 4) is 11.5 Å². The van der Waals surface area contributed by atoms with E-state index in [0.717, 1.165) is 24.8 Å². The molecule has 1 aromatic carbocycles. The van der Waals surface area contributed by atoms with Crippen LogP contribution in [0.15, 0.2) is 30.4 Å². The highest BCUT2D eigenvalue weighted by Crippen LogP contribution is 2.32. The second-order valence-electron chi connectivity index (χ2n) is 7.23. The fourth-order valence-electron chi connectivity index (χ4n) is 2.38. The maximum absolute atomic E-state index is 12.0. The van der Waals surface area contributed by atoms with Gasteiger partial charge in [0.1, 0.15) is 4.93 Å². The van der Waals surface area contributed by atoms with Crippen molar-refractivity contribution in [1.29, 1.82) is 0 Å². The molecule has 0 spiro atoms. The molecule has 146 valence electrons. The molecular weight excluding hydrogens is 346 g/mol. The molecule has 0 atom stereocenters. The Labute approximate surface area is 163 Å². The molecule has 0 unspecified atom stereocenters. The van der Waals surface area contributed by atoms with Gasteiger partial charge in [-0.05, 0) is 56.7 Å². The second kappa shape index (κ2) is 11.2. The average molecular weight is 380 g/mol. The van der Waals surface area contributed by atoms with Gasteiger partial charge < -0.3 is 14.8 Å². The Morgan fingerprint density at radius 1 is 1.27 bits per heavy atom. The lowest BCUT2D eigenvalue weighted by Gasteiger charge is -2.22. The van der Waals surface area contributed by atoms with Crippen LogP contribution in [-0.4, -0.2) is 18.0 Å². The second-order valence-corrected chi connectivity index (χ2v) is 8.31. The van der Waals surface area contributed by atoms with E-state index in [1.807, 2.05) is 32.0 Å². The number of thiol groups is 1. The normalized spacial score (nSPS) is 11.8. The SMILES string of the molecule is COc1cc(CNC(=O)CCCC/C=C/C(C)C)ccc1OC(C)(C)S. The summed E-state index contributed by atoms with van der Waals surface area (Å²) in [6, 6.07) is 5.65. The summed E-state index contributed by atoms with van der Waals surface area (Å²) in [5, 5.41) is 2.96. The fourth-order valence-corrected chi connectivity index (χ4v) is 2.48. The van der Waals surface area contributed by atoms with E-state index in [0.29, 0.717) is 30.4 Å². The number of hydrogen-bond acceptors (Lipinski definition) is 4. The van der Waals surface area contributed by atoms with E-state index in [-0.39, 0.29) is 5.91 Å². The van der Waals surface area contributed by atoms with Gasteiger partial charge in [-0.1, -0.05) is 32.1 Å². The van der Waals surface area contributed by atoms with Crippen LogP contribution in [0.5, 0.6) is 11.5 Å². The maximum atomic E-state index is 12.0. The van der Waals surface area contributed by atoms with E-state index in [4.69, 9.17) is 9.47 Å². The largest absolute Gasteiger partial charge is 0.493 e. The first kappa shape index (κ1) is 22.4. The minimum absolute atomic E-state index is 0.0774. The van der Waals surface area contributed by atoms with Crippen molar-refractivity contribution in [3.63, 3.8) is 0 Å². The number of ether oxygens (including phenoxy) is 2. The smallest absolute Gasteiger partial charge is 0.220 e. The van der Waals surface area contributed by atoms with Gasteiger partial charge in [-0.25, -0.2) is 0 Å². The van der Waals surface area contributed by atoms with Crippen LogP contribution in [0.25, 0.3) is 0 Å². The summed E-state index contributed by atoms with van der Waals surface area (Å²) in [5.74, 6) is 1.94. The van der Waals surface area contributed by atoms with E-state index in [2.05, 4.69) is 43.9 Å². The highest BCUT2D eigenvalue weighted by Gasteiger charge is 2.16. The van der Waals surface area contributed by atoms with E-state index in [9.17, 15) is 4.79 Å². The Morgan fingerprint density at radius 3 is 2.62 bits per heavy atom. The molecule has 5 heteroatoms.